The van der Waals surface area contributed by atoms with Crippen LogP contribution >= 0.6 is 12.2 Å². The summed E-state index contributed by atoms with van der Waals surface area (Å²) in [4.78, 5) is 13.0. The Morgan fingerprint density at radius 3 is 2.04 bits per heavy atom. The Morgan fingerprint density at radius 1 is 0.889 bits per heavy atom. The van der Waals surface area contributed by atoms with Crippen molar-refractivity contribution in [3.8, 4) is 5.75 Å². The number of benzene rings is 3. The predicted molar refractivity (Wildman–Crippen MR) is 112 cm³/mol. The number of nitrogens with one attached hydrogen (secondary N) is 2. The normalized spacial score (nSPS) is 10.3. The lowest BCUT2D eigenvalue weighted by Gasteiger charge is -2.18. The van der Waals surface area contributed by atoms with Gasteiger partial charge in [-0.2, -0.15) is 0 Å². The van der Waals surface area contributed by atoms with Crippen molar-refractivity contribution < 1.29 is 9.53 Å². The van der Waals surface area contributed by atoms with Gasteiger partial charge < -0.3 is 15.4 Å². The van der Waals surface area contributed by atoms with Gasteiger partial charge in [-0.1, -0.05) is 66.7 Å². The second-order valence-corrected chi connectivity index (χ2v) is 6.34. The predicted octanol–water partition coefficient (Wildman–Crippen LogP) is 4.34. The summed E-state index contributed by atoms with van der Waals surface area (Å²) in [5.74, 6) is 0.0748. The Labute approximate surface area is 164 Å². The highest BCUT2D eigenvalue weighted by Crippen LogP contribution is 2.25. The molecule has 2 N–H and O–H groups in total. The van der Waals surface area contributed by atoms with Crippen molar-refractivity contribution in [3.63, 3.8) is 0 Å². The molecule has 3 aromatic carbocycles. The number of carbonyl (C=O) groups is 1. The van der Waals surface area contributed by atoms with Gasteiger partial charge in [0.2, 0.25) is 5.91 Å². The van der Waals surface area contributed by atoms with E-state index < -0.39 is 5.92 Å². The molecule has 0 spiro atoms. The summed E-state index contributed by atoms with van der Waals surface area (Å²) in [6.07, 6.45) is 0. The van der Waals surface area contributed by atoms with E-state index in [0.717, 1.165) is 16.8 Å². The van der Waals surface area contributed by atoms with E-state index in [0.29, 0.717) is 5.75 Å². The molecule has 0 aliphatic carbocycles. The Balaban J connectivity index is 1.77. The minimum atomic E-state index is -0.447. The van der Waals surface area contributed by atoms with E-state index in [4.69, 9.17) is 17.0 Å². The Morgan fingerprint density at radius 2 is 1.48 bits per heavy atom. The fraction of sp³-hybridized carbons (Fsp3) is 0.0909. The van der Waals surface area contributed by atoms with E-state index in [9.17, 15) is 4.79 Å². The van der Waals surface area contributed by atoms with Gasteiger partial charge >= 0.3 is 0 Å². The molecule has 0 bridgehead atoms. The third-order valence-corrected chi connectivity index (χ3v) is 4.30. The molecule has 1 amide bonds. The summed E-state index contributed by atoms with van der Waals surface area (Å²) in [5, 5.41) is 6.07. The van der Waals surface area contributed by atoms with Crippen molar-refractivity contribution in [2.24, 2.45) is 0 Å². The number of thiocarbonyl (C=S) groups is 1. The average molecular weight is 376 g/mol. The highest BCUT2D eigenvalue weighted by atomic mass is 32.1. The van der Waals surface area contributed by atoms with Crippen LogP contribution in [0.2, 0.25) is 0 Å². The summed E-state index contributed by atoms with van der Waals surface area (Å²) in [5.41, 5.74) is 2.56. The number of amides is 1. The zero-order valence-electron chi connectivity index (χ0n) is 14.9. The molecular weight excluding hydrogens is 356 g/mol. The molecule has 0 unspecified atom stereocenters. The maximum absolute atomic E-state index is 13.0. The molecule has 3 rings (SSSR count). The quantitative estimate of drug-likeness (QED) is 0.651. The van der Waals surface area contributed by atoms with Gasteiger partial charge in [0.15, 0.2) is 5.11 Å². The minimum Gasteiger partial charge on any atom is -0.497 e. The molecule has 3 aromatic rings. The van der Waals surface area contributed by atoms with E-state index in [1.807, 2.05) is 84.9 Å². The van der Waals surface area contributed by atoms with Gasteiger partial charge in [0.25, 0.3) is 0 Å². The van der Waals surface area contributed by atoms with Crippen LogP contribution in [-0.4, -0.2) is 18.1 Å². The van der Waals surface area contributed by atoms with Gasteiger partial charge in [-0.3, -0.25) is 4.79 Å². The lowest BCUT2D eigenvalue weighted by atomic mass is 9.90. The second-order valence-electron chi connectivity index (χ2n) is 5.93. The molecule has 5 heteroatoms. The molecule has 4 nitrogen and oxygen atoms in total. The molecule has 0 fully saturated rings. The highest BCUT2D eigenvalue weighted by molar-refractivity contribution is 7.80. The number of rotatable bonds is 5. The first-order valence-corrected chi connectivity index (χ1v) is 8.94. The first-order valence-electron chi connectivity index (χ1n) is 8.53. The molecule has 27 heavy (non-hydrogen) atoms. The monoisotopic (exact) mass is 376 g/mol. The topological polar surface area (TPSA) is 50.4 Å². The van der Waals surface area contributed by atoms with Gasteiger partial charge in [-0.05, 0) is 35.5 Å². The molecule has 0 atom stereocenters. The Hall–Kier alpha value is -3.18. The molecule has 0 aromatic heterocycles. The SMILES string of the molecule is COc1cccc(NC(=S)NC(=O)C(c2ccccc2)c2ccccc2)c1. The largest absolute Gasteiger partial charge is 0.497 e. The molecule has 0 heterocycles. The maximum Gasteiger partial charge on any atom is 0.238 e. The van der Waals surface area contributed by atoms with Crippen molar-refractivity contribution >= 4 is 28.9 Å². The lowest BCUT2D eigenvalue weighted by Crippen LogP contribution is -2.37. The molecule has 0 saturated heterocycles. The van der Waals surface area contributed by atoms with Crippen LogP contribution in [0.25, 0.3) is 0 Å². The fourth-order valence-corrected chi connectivity index (χ4v) is 3.05. The van der Waals surface area contributed by atoms with Gasteiger partial charge in [0, 0.05) is 11.8 Å². The van der Waals surface area contributed by atoms with Crippen molar-refractivity contribution in [3.05, 3.63) is 96.1 Å². The lowest BCUT2D eigenvalue weighted by molar-refractivity contribution is -0.120. The van der Waals surface area contributed by atoms with E-state index >= 15 is 0 Å². The molecule has 136 valence electrons. The molecule has 0 saturated carbocycles. The fourth-order valence-electron chi connectivity index (χ4n) is 2.83. The van der Waals surface area contributed by atoms with Crippen LogP contribution in [-0.2, 0) is 4.79 Å². The molecular formula is C22H20N2O2S. The van der Waals surface area contributed by atoms with Crippen LogP contribution in [0, 0.1) is 0 Å². The zero-order chi connectivity index (χ0) is 19.1. The van der Waals surface area contributed by atoms with Crippen molar-refractivity contribution in [2.75, 3.05) is 12.4 Å². The highest BCUT2D eigenvalue weighted by Gasteiger charge is 2.23. The van der Waals surface area contributed by atoms with Crippen LogP contribution in [0.3, 0.4) is 0 Å². The van der Waals surface area contributed by atoms with E-state index in [1.54, 1.807) is 7.11 Å². The van der Waals surface area contributed by atoms with Gasteiger partial charge in [0.05, 0.1) is 13.0 Å². The van der Waals surface area contributed by atoms with Gasteiger partial charge in [-0.15, -0.1) is 0 Å². The van der Waals surface area contributed by atoms with E-state index in [-0.39, 0.29) is 11.0 Å². The van der Waals surface area contributed by atoms with E-state index in [2.05, 4.69) is 10.6 Å². The van der Waals surface area contributed by atoms with Crippen molar-refractivity contribution in [1.29, 1.82) is 0 Å². The summed E-state index contributed by atoms with van der Waals surface area (Å²) >= 11 is 5.33. The third-order valence-electron chi connectivity index (χ3n) is 4.09. The number of hydrogen-bond acceptors (Lipinski definition) is 3. The number of ether oxygens (including phenoxy) is 1. The first-order chi connectivity index (χ1) is 13.2. The summed E-state index contributed by atoms with van der Waals surface area (Å²) in [6.45, 7) is 0. The maximum atomic E-state index is 13.0. The smallest absolute Gasteiger partial charge is 0.238 e. The first kappa shape index (κ1) is 18.6. The summed E-state index contributed by atoms with van der Waals surface area (Å²) in [7, 11) is 1.60. The van der Waals surface area contributed by atoms with Crippen LogP contribution in [0.5, 0.6) is 5.75 Å². The number of methoxy groups -OCH3 is 1. The van der Waals surface area contributed by atoms with Gasteiger partial charge in [-0.25, -0.2) is 0 Å². The van der Waals surface area contributed by atoms with Crippen LogP contribution in [0.15, 0.2) is 84.9 Å². The number of carbonyl (C=O) groups excluding carboxylic acids is 1. The Kier molecular flexibility index (Phi) is 6.18. The third kappa shape index (κ3) is 4.92. The summed E-state index contributed by atoms with van der Waals surface area (Å²) in [6, 6.07) is 26.7. The van der Waals surface area contributed by atoms with Crippen molar-refractivity contribution in [2.45, 2.75) is 5.92 Å². The van der Waals surface area contributed by atoms with Gasteiger partial charge in [0.1, 0.15) is 5.75 Å². The number of anilines is 1. The Bertz CT molecular complexity index is 874. The summed E-state index contributed by atoms with van der Waals surface area (Å²) < 4.78 is 5.20. The van der Waals surface area contributed by atoms with Crippen LogP contribution < -0.4 is 15.4 Å². The zero-order valence-corrected chi connectivity index (χ0v) is 15.7. The van der Waals surface area contributed by atoms with Crippen LogP contribution in [0.4, 0.5) is 5.69 Å². The minimum absolute atomic E-state index is 0.187. The molecule has 0 radical (unpaired) electrons. The molecule has 0 aliphatic rings. The van der Waals surface area contributed by atoms with Crippen molar-refractivity contribution in [1.82, 2.24) is 5.32 Å². The molecule has 0 aliphatic heterocycles. The average Bonchev–Trinajstić information content (AvgIpc) is 2.70. The second kappa shape index (κ2) is 8.96. The number of hydrogen-bond donors (Lipinski definition) is 2. The standard InChI is InChI=1S/C22H20N2O2S/c1-26-19-14-8-13-18(15-19)23-22(27)24-21(25)20(16-9-4-2-5-10-16)17-11-6-3-7-12-17/h2-15,20H,1H3,(H2,23,24,25,27). The van der Waals surface area contributed by atoms with Crippen LogP contribution in [0.1, 0.15) is 17.0 Å². The van der Waals surface area contributed by atoms with E-state index in [1.165, 1.54) is 0 Å².